The van der Waals surface area contributed by atoms with Crippen molar-refractivity contribution in [2.75, 3.05) is 11.9 Å². The molecule has 0 aromatic heterocycles. The number of benzene rings is 1. The molecule has 1 aromatic rings. The monoisotopic (exact) mass is 190 g/mol. The molecule has 4 heteroatoms. The van der Waals surface area contributed by atoms with Gasteiger partial charge in [-0.15, -0.1) is 0 Å². The third-order valence-electron chi connectivity index (χ3n) is 1.65. The first kappa shape index (κ1) is 10.1. The maximum atomic E-state index is 11.0. The summed E-state index contributed by atoms with van der Waals surface area (Å²) in [7, 11) is 0. The van der Waals surface area contributed by atoms with Crippen molar-refractivity contribution in [2.24, 2.45) is 0 Å². The Balaban J connectivity index is 2.78. The lowest BCUT2D eigenvalue weighted by atomic mass is 10.2. The van der Waals surface area contributed by atoms with Crippen molar-refractivity contribution >= 4 is 11.6 Å². The van der Waals surface area contributed by atoms with E-state index in [-0.39, 0.29) is 12.3 Å². The molecule has 0 aliphatic heterocycles. The number of carbonyl (C=O) groups excluding carboxylic acids is 1. The maximum Gasteiger partial charge on any atom is 0.304 e. The van der Waals surface area contributed by atoms with Crippen LogP contribution in [0.4, 0.5) is 5.69 Å². The minimum Gasteiger partial charge on any atom is -0.506 e. The van der Waals surface area contributed by atoms with Crippen molar-refractivity contribution in [3.8, 4) is 5.75 Å². The van der Waals surface area contributed by atoms with Gasteiger partial charge in [0, 0.05) is 0 Å². The number of rotatable bonds is 2. The highest BCUT2D eigenvalue weighted by Crippen LogP contribution is 2.23. The Morgan fingerprint density at radius 2 is 2.36 bits per heavy atom. The van der Waals surface area contributed by atoms with Crippen molar-refractivity contribution in [3.63, 3.8) is 0 Å². The molecular formula is C10H10N2O2. The Morgan fingerprint density at radius 3 is 2.93 bits per heavy atom. The summed E-state index contributed by atoms with van der Waals surface area (Å²) in [6.07, 6.45) is 0. The molecule has 1 amide bonds. The topological polar surface area (TPSA) is 53.7 Å². The predicted molar refractivity (Wildman–Crippen MR) is 52.9 cm³/mol. The van der Waals surface area contributed by atoms with Crippen molar-refractivity contribution in [1.82, 2.24) is 0 Å². The Hall–Kier alpha value is -2.02. The Kier molecular flexibility index (Phi) is 3.08. The van der Waals surface area contributed by atoms with Gasteiger partial charge in [-0.25, -0.2) is 6.57 Å². The SMILES string of the molecule is [C-]#[N+]CC(=O)Nc1ccc(C)cc1O. The molecule has 14 heavy (non-hydrogen) atoms. The van der Waals surface area contributed by atoms with E-state index in [1.165, 1.54) is 0 Å². The molecule has 0 saturated heterocycles. The van der Waals surface area contributed by atoms with Gasteiger partial charge in [0.1, 0.15) is 5.75 Å². The lowest BCUT2D eigenvalue weighted by molar-refractivity contribution is -0.114. The van der Waals surface area contributed by atoms with E-state index in [2.05, 4.69) is 10.2 Å². The first-order valence-electron chi connectivity index (χ1n) is 4.06. The number of amides is 1. The van der Waals surface area contributed by atoms with Crippen molar-refractivity contribution < 1.29 is 9.90 Å². The standard InChI is InChI=1S/C10H10N2O2/c1-7-3-4-8(9(13)5-7)12-10(14)6-11-2/h3-5,13H,6H2,1H3,(H,12,14). The van der Waals surface area contributed by atoms with Crippen LogP contribution in [0.2, 0.25) is 0 Å². The molecule has 0 aliphatic rings. The third-order valence-corrected chi connectivity index (χ3v) is 1.65. The van der Waals surface area contributed by atoms with Gasteiger partial charge < -0.3 is 15.3 Å². The average Bonchev–Trinajstić information content (AvgIpc) is 2.10. The zero-order valence-electron chi connectivity index (χ0n) is 7.74. The minimum atomic E-state index is -0.417. The second-order valence-electron chi connectivity index (χ2n) is 2.89. The fourth-order valence-electron chi connectivity index (χ4n) is 1.01. The first-order valence-corrected chi connectivity index (χ1v) is 4.06. The van der Waals surface area contributed by atoms with Crippen LogP contribution in [0, 0.1) is 13.5 Å². The molecule has 0 heterocycles. The van der Waals surface area contributed by atoms with Gasteiger partial charge in [-0.2, -0.15) is 0 Å². The number of phenolic OH excluding ortho intramolecular Hbond substituents is 1. The summed E-state index contributed by atoms with van der Waals surface area (Å²) in [5, 5.41) is 11.9. The van der Waals surface area contributed by atoms with Crippen LogP contribution in [0.15, 0.2) is 18.2 Å². The number of anilines is 1. The molecule has 0 unspecified atom stereocenters. The molecule has 0 fully saturated rings. The summed E-state index contributed by atoms with van der Waals surface area (Å²) in [5.74, 6) is -0.400. The van der Waals surface area contributed by atoms with Crippen LogP contribution in [0.3, 0.4) is 0 Å². The van der Waals surface area contributed by atoms with Gasteiger partial charge in [-0.05, 0) is 24.6 Å². The van der Waals surface area contributed by atoms with Crippen LogP contribution < -0.4 is 5.32 Å². The van der Waals surface area contributed by atoms with Gasteiger partial charge in [0.05, 0.1) is 5.69 Å². The van der Waals surface area contributed by atoms with E-state index in [9.17, 15) is 9.90 Å². The number of aromatic hydroxyl groups is 1. The van der Waals surface area contributed by atoms with E-state index in [4.69, 9.17) is 6.57 Å². The van der Waals surface area contributed by atoms with Gasteiger partial charge in [-0.1, -0.05) is 6.07 Å². The number of aryl methyl sites for hydroxylation is 1. The molecular weight excluding hydrogens is 180 g/mol. The molecule has 2 N–H and O–H groups in total. The van der Waals surface area contributed by atoms with Crippen LogP contribution in [0.1, 0.15) is 5.56 Å². The predicted octanol–water partition coefficient (Wildman–Crippen LogP) is 1.56. The van der Waals surface area contributed by atoms with Crippen LogP contribution >= 0.6 is 0 Å². The normalized spacial score (nSPS) is 9.14. The summed E-state index contributed by atoms with van der Waals surface area (Å²) in [5.41, 5.74) is 1.25. The zero-order valence-corrected chi connectivity index (χ0v) is 7.74. The summed E-state index contributed by atoms with van der Waals surface area (Å²) >= 11 is 0. The van der Waals surface area contributed by atoms with Crippen LogP contribution in [0.25, 0.3) is 4.85 Å². The van der Waals surface area contributed by atoms with Crippen molar-refractivity contribution in [2.45, 2.75) is 6.92 Å². The molecule has 0 aliphatic carbocycles. The van der Waals surface area contributed by atoms with E-state index in [0.717, 1.165) is 5.56 Å². The number of hydrogen-bond donors (Lipinski definition) is 2. The van der Waals surface area contributed by atoms with Crippen molar-refractivity contribution in [3.05, 3.63) is 35.2 Å². The second kappa shape index (κ2) is 4.28. The number of nitrogens with zero attached hydrogens (tertiary/aromatic N) is 1. The summed E-state index contributed by atoms with van der Waals surface area (Å²) < 4.78 is 0. The average molecular weight is 190 g/mol. The number of hydrogen-bond acceptors (Lipinski definition) is 2. The summed E-state index contributed by atoms with van der Waals surface area (Å²) in [4.78, 5) is 13.9. The largest absolute Gasteiger partial charge is 0.506 e. The quantitative estimate of drug-likeness (QED) is 0.549. The van der Waals surface area contributed by atoms with E-state index < -0.39 is 5.91 Å². The molecule has 0 radical (unpaired) electrons. The lowest BCUT2D eigenvalue weighted by Gasteiger charge is -2.04. The summed E-state index contributed by atoms with van der Waals surface area (Å²) in [6.45, 7) is 8.10. The number of carbonyl (C=O) groups is 1. The van der Waals surface area contributed by atoms with E-state index in [1.807, 2.05) is 6.92 Å². The first-order chi connectivity index (χ1) is 6.63. The number of phenols is 1. The van der Waals surface area contributed by atoms with Gasteiger partial charge in [0.2, 0.25) is 0 Å². The Morgan fingerprint density at radius 1 is 1.64 bits per heavy atom. The van der Waals surface area contributed by atoms with Crippen LogP contribution in [-0.4, -0.2) is 17.6 Å². The Labute approximate surface area is 82.0 Å². The zero-order chi connectivity index (χ0) is 10.6. The fraction of sp³-hybridized carbons (Fsp3) is 0.200. The maximum absolute atomic E-state index is 11.0. The van der Waals surface area contributed by atoms with Crippen molar-refractivity contribution in [1.29, 1.82) is 0 Å². The molecule has 0 saturated carbocycles. The number of nitrogens with one attached hydrogen (secondary N) is 1. The second-order valence-corrected chi connectivity index (χ2v) is 2.89. The van der Waals surface area contributed by atoms with Crippen LogP contribution in [-0.2, 0) is 4.79 Å². The lowest BCUT2D eigenvalue weighted by Crippen LogP contribution is -2.13. The fourth-order valence-corrected chi connectivity index (χ4v) is 1.01. The molecule has 1 rings (SSSR count). The molecule has 4 nitrogen and oxygen atoms in total. The third kappa shape index (κ3) is 2.49. The molecule has 0 bridgehead atoms. The van der Waals surface area contributed by atoms with E-state index >= 15 is 0 Å². The van der Waals surface area contributed by atoms with Crippen LogP contribution in [0.5, 0.6) is 5.75 Å². The highest BCUT2D eigenvalue weighted by molar-refractivity contribution is 5.94. The minimum absolute atomic E-state index is 0.0170. The van der Waals surface area contributed by atoms with Gasteiger partial charge in [0.15, 0.2) is 0 Å². The van der Waals surface area contributed by atoms with Gasteiger partial charge in [-0.3, -0.25) is 4.79 Å². The molecule has 72 valence electrons. The van der Waals surface area contributed by atoms with E-state index in [0.29, 0.717) is 5.69 Å². The Bertz CT molecular complexity index is 394. The molecule has 0 atom stereocenters. The summed E-state index contributed by atoms with van der Waals surface area (Å²) in [6, 6.07) is 4.92. The molecule has 1 aromatic carbocycles. The van der Waals surface area contributed by atoms with Gasteiger partial charge in [0.25, 0.3) is 6.54 Å². The smallest absolute Gasteiger partial charge is 0.304 e. The highest BCUT2D eigenvalue weighted by Gasteiger charge is 2.07. The molecule has 0 spiro atoms. The van der Waals surface area contributed by atoms with E-state index in [1.54, 1.807) is 18.2 Å². The van der Waals surface area contributed by atoms with Gasteiger partial charge >= 0.3 is 5.91 Å². The highest BCUT2D eigenvalue weighted by atomic mass is 16.3.